The molecule has 1 aliphatic rings. The van der Waals surface area contributed by atoms with Gasteiger partial charge in [-0.15, -0.1) is 11.3 Å². The first-order valence-electron chi connectivity index (χ1n) is 8.66. The highest BCUT2D eigenvalue weighted by Crippen LogP contribution is 2.30. The maximum Gasteiger partial charge on any atom is 0.224 e. The Hall–Kier alpha value is -2.47. The molecule has 3 rings (SSSR count). The summed E-state index contributed by atoms with van der Waals surface area (Å²) in [6.45, 7) is 6.14. The molecule has 0 saturated carbocycles. The molecule has 0 spiro atoms. The van der Waals surface area contributed by atoms with Gasteiger partial charge in [-0.25, -0.2) is 0 Å². The number of aryl methyl sites for hydroxylation is 2. The molecule has 2 heterocycles. The lowest BCUT2D eigenvalue weighted by molar-refractivity contribution is -0.117. The maximum absolute atomic E-state index is 12.3. The van der Waals surface area contributed by atoms with Crippen LogP contribution < -0.4 is 10.2 Å². The third kappa shape index (κ3) is 3.85. The molecule has 0 atom stereocenters. The number of nitrogens with zero attached hydrogens (tertiary/aromatic N) is 1. The molecule has 0 bridgehead atoms. The van der Waals surface area contributed by atoms with E-state index in [1.165, 1.54) is 0 Å². The highest BCUT2D eigenvalue weighted by atomic mass is 32.1. The Bertz CT molecular complexity index is 885. The van der Waals surface area contributed by atoms with E-state index in [1.54, 1.807) is 29.2 Å². The minimum Gasteiger partial charge on any atom is -0.326 e. The van der Waals surface area contributed by atoms with E-state index in [-0.39, 0.29) is 30.4 Å². The van der Waals surface area contributed by atoms with Gasteiger partial charge in [-0.3, -0.25) is 14.4 Å². The molecule has 1 N–H and O–H groups in total. The second-order valence-electron chi connectivity index (χ2n) is 6.56. The maximum atomic E-state index is 12.3. The molecular weight excluding hydrogens is 348 g/mol. The molecule has 2 aromatic rings. The van der Waals surface area contributed by atoms with Crippen LogP contribution >= 0.6 is 11.3 Å². The monoisotopic (exact) mass is 370 g/mol. The summed E-state index contributed by atoms with van der Waals surface area (Å²) in [6, 6.07) is 7.46. The molecule has 136 valence electrons. The number of nitrogens with one attached hydrogen (secondary N) is 1. The van der Waals surface area contributed by atoms with Gasteiger partial charge in [0.25, 0.3) is 0 Å². The zero-order valence-corrected chi connectivity index (χ0v) is 16.0. The predicted octanol–water partition coefficient (Wildman–Crippen LogP) is 3.88. The minimum atomic E-state index is -0.177. The molecule has 2 amide bonds. The Morgan fingerprint density at radius 3 is 2.58 bits per heavy atom. The standard InChI is InChI=1S/C20H22N2O3S/c1-12-10-17(13(2)26-12)19(24)6-7-20(25)21-16-4-5-18-15(11-16)8-9-22(18)14(3)23/h4-5,10-11H,6-9H2,1-3H3,(H,21,25). The summed E-state index contributed by atoms with van der Waals surface area (Å²) in [5.41, 5.74) is 3.39. The Morgan fingerprint density at radius 1 is 1.15 bits per heavy atom. The summed E-state index contributed by atoms with van der Waals surface area (Å²) in [4.78, 5) is 39.9. The first-order valence-corrected chi connectivity index (χ1v) is 9.48. The Balaban J connectivity index is 1.58. The van der Waals surface area contributed by atoms with Crippen LogP contribution in [0.15, 0.2) is 24.3 Å². The number of fused-ring (bicyclic) bond motifs is 1. The normalized spacial score (nSPS) is 12.8. The number of carbonyl (C=O) groups is 3. The number of thiophene rings is 1. The van der Waals surface area contributed by atoms with Gasteiger partial charge in [0.15, 0.2) is 5.78 Å². The van der Waals surface area contributed by atoms with Crippen molar-refractivity contribution in [3.8, 4) is 0 Å². The third-order valence-corrected chi connectivity index (χ3v) is 5.53. The largest absolute Gasteiger partial charge is 0.326 e. The van der Waals surface area contributed by atoms with E-state index in [4.69, 9.17) is 0 Å². The molecule has 6 heteroatoms. The van der Waals surface area contributed by atoms with E-state index in [0.29, 0.717) is 12.2 Å². The first kappa shape index (κ1) is 18.3. The van der Waals surface area contributed by atoms with Gasteiger partial charge in [-0.1, -0.05) is 0 Å². The predicted molar refractivity (Wildman–Crippen MR) is 104 cm³/mol. The second kappa shape index (κ2) is 7.41. The zero-order chi connectivity index (χ0) is 18.8. The van der Waals surface area contributed by atoms with Crippen LogP contribution in [0.25, 0.3) is 0 Å². The number of carbonyl (C=O) groups excluding carboxylic acids is 3. The number of hydrogen-bond acceptors (Lipinski definition) is 4. The number of benzene rings is 1. The summed E-state index contributed by atoms with van der Waals surface area (Å²) in [5.74, 6) is -0.143. The highest BCUT2D eigenvalue weighted by molar-refractivity contribution is 7.12. The van der Waals surface area contributed by atoms with Crippen molar-refractivity contribution in [3.63, 3.8) is 0 Å². The summed E-state index contributed by atoms with van der Waals surface area (Å²) < 4.78 is 0. The average molecular weight is 370 g/mol. The number of anilines is 2. The van der Waals surface area contributed by atoms with Gasteiger partial charge in [0.2, 0.25) is 11.8 Å². The molecule has 5 nitrogen and oxygen atoms in total. The van der Waals surface area contributed by atoms with Crippen LogP contribution in [0.4, 0.5) is 11.4 Å². The molecule has 0 unspecified atom stereocenters. The van der Waals surface area contributed by atoms with Crippen molar-refractivity contribution in [3.05, 3.63) is 45.1 Å². The van der Waals surface area contributed by atoms with E-state index < -0.39 is 0 Å². The SMILES string of the molecule is CC(=O)N1CCc2cc(NC(=O)CCC(=O)c3cc(C)sc3C)ccc21. The van der Waals surface area contributed by atoms with E-state index in [9.17, 15) is 14.4 Å². The number of amides is 2. The van der Waals surface area contributed by atoms with Gasteiger partial charge in [-0.2, -0.15) is 0 Å². The van der Waals surface area contributed by atoms with E-state index >= 15 is 0 Å². The van der Waals surface area contributed by atoms with Crippen LogP contribution in [-0.4, -0.2) is 24.1 Å². The Morgan fingerprint density at radius 2 is 1.92 bits per heavy atom. The number of Topliss-reactive ketones (excluding diaryl/α,β-unsaturated/α-hetero) is 1. The summed E-state index contributed by atoms with van der Waals surface area (Å²) in [7, 11) is 0. The van der Waals surface area contributed by atoms with Crippen molar-refractivity contribution >= 4 is 40.3 Å². The molecule has 0 radical (unpaired) electrons. The van der Waals surface area contributed by atoms with Gasteiger partial charge < -0.3 is 10.2 Å². The smallest absolute Gasteiger partial charge is 0.224 e. The van der Waals surface area contributed by atoms with Crippen molar-refractivity contribution in [2.45, 2.75) is 40.0 Å². The first-order chi connectivity index (χ1) is 12.3. The van der Waals surface area contributed by atoms with Crippen molar-refractivity contribution in [2.75, 3.05) is 16.8 Å². The fraction of sp³-hybridized carbons (Fsp3) is 0.350. The lowest BCUT2D eigenvalue weighted by atomic mass is 10.1. The number of hydrogen-bond donors (Lipinski definition) is 1. The highest BCUT2D eigenvalue weighted by Gasteiger charge is 2.22. The van der Waals surface area contributed by atoms with Gasteiger partial charge >= 0.3 is 0 Å². The molecule has 1 aliphatic heterocycles. The molecule has 0 fully saturated rings. The van der Waals surface area contributed by atoms with E-state index in [2.05, 4.69) is 5.32 Å². The Labute approximate surface area is 157 Å². The topological polar surface area (TPSA) is 66.5 Å². The van der Waals surface area contributed by atoms with Crippen LogP contribution in [0.2, 0.25) is 0 Å². The van der Waals surface area contributed by atoms with Crippen LogP contribution in [0.1, 0.15) is 45.4 Å². The molecule has 0 saturated heterocycles. The van der Waals surface area contributed by atoms with Crippen molar-refractivity contribution in [1.29, 1.82) is 0 Å². The second-order valence-corrected chi connectivity index (χ2v) is 8.02. The van der Waals surface area contributed by atoms with E-state index in [1.807, 2.05) is 32.0 Å². The van der Waals surface area contributed by atoms with Gasteiger partial charge in [0.05, 0.1) is 0 Å². The fourth-order valence-electron chi connectivity index (χ4n) is 3.30. The Kier molecular flexibility index (Phi) is 5.23. The lowest BCUT2D eigenvalue weighted by Crippen LogP contribution is -2.25. The number of rotatable bonds is 5. The van der Waals surface area contributed by atoms with Gasteiger partial charge in [0.1, 0.15) is 0 Å². The van der Waals surface area contributed by atoms with Crippen LogP contribution in [0.5, 0.6) is 0 Å². The molecule has 26 heavy (non-hydrogen) atoms. The number of ketones is 1. The molecule has 1 aromatic heterocycles. The van der Waals surface area contributed by atoms with Crippen LogP contribution in [0, 0.1) is 13.8 Å². The van der Waals surface area contributed by atoms with Crippen molar-refractivity contribution < 1.29 is 14.4 Å². The van der Waals surface area contributed by atoms with Crippen LogP contribution in [-0.2, 0) is 16.0 Å². The summed E-state index contributed by atoms with van der Waals surface area (Å²) >= 11 is 1.60. The summed E-state index contributed by atoms with van der Waals surface area (Å²) in [5, 5.41) is 2.85. The fourth-order valence-corrected chi connectivity index (χ4v) is 4.24. The summed E-state index contributed by atoms with van der Waals surface area (Å²) in [6.07, 6.45) is 1.14. The molecule has 0 aliphatic carbocycles. The third-order valence-electron chi connectivity index (χ3n) is 4.56. The van der Waals surface area contributed by atoms with E-state index in [0.717, 1.165) is 33.0 Å². The lowest BCUT2D eigenvalue weighted by Gasteiger charge is -2.15. The van der Waals surface area contributed by atoms with Crippen molar-refractivity contribution in [2.24, 2.45) is 0 Å². The molecular formula is C20H22N2O3S. The zero-order valence-electron chi connectivity index (χ0n) is 15.2. The minimum absolute atomic E-state index is 0.00746. The molecule has 1 aromatic carbocycles. The van der Waals surface area contributed by atoms with Gasteiger partial charge in [-0.05, 0) is 50.1 Å². The van der Waals surface area contributed by atoms with Crippen molar-refractivity contribution in [1.82, 2.24) is 0 Å². The van der Waals surface area contributed by atoms with Crippen LogP contribution in [0.3, 0.4) is 0 Å². The quantitative estimate of drug-likeness (QED) is 0.813. The average Bonchev–Trinajstić information content (AvgIpc) is 3.15. The van der Waals surface area contributed by atoms with Gasteiger partial charge in [0, 0.05) is 53.0 Å².